The van der Waals surface area contributed by atoms with E-state index < -0.39 is 0 Å². The quantitative estimate of drug-likeness (QED) is 0.705. The molecule has 3 heterocycles. The van der Waals surface area contributed by atoms with Gasteiger partial charge in [-0.2, -0.15) is 4.52 Å². The lowest BCUT2D eigenvalue weighted by Gasteiger charge is -2.37. The number of aromatic hydroxyl groups is 1. The molecule has 4 rings (SSSR count). The number of piperidine rings is 1. The van der Waals surface area contributed by atoms with E-state index in [4.69, 9.17) is 0 Å². The Morgan fingerprint density at radius 3 is 2.52 bits per heavy atom. The zero-order chi connectivity index (χ0) is 19.1. The molecule has 3 aromatic rings. The highest BCUT2D eigenvalue weighted by molar-refractivity contribution is 7.17. The molecule has 0 spiro atoms. The maximum absolute atomic E-state index is 10.9. The van der Waals surface area contributed by atoms with Crippen molar-refractivity contribution in [1.82, 2.24) is 19.5 Å². The van der Waals surface area contributed by atoms with Gasteiger partial charge >= 0.3 is 0 Å². The third-order valence-corrected chi connectivity index (χ3v) is 6.60. The van der Waals surface area contributed by atoms with Crippen LogP contribution < -0.4 is 0 Å². The number of benzene rings is 1. The highest BCUT2D eigenvalue weighted by atomic mass is 32.1. The molecule has 1 aliphatic heterocycles. The molecule has 6 heteroatoms. The van der Waals surface area contributed by atoms with Gasteiger partial charge < -0.3 is 5.11 Å². The molecule has 1 fully saturated rings. The SMILES string of the molecule is Cc1nc2sc([C@@H](c3ccc(C(C)C)cc3)N3CCC[C@@H](C)C3)c(O)n2n1. The van der Waals surface area contributed by atoms with Crippen molar-refractivity contribution in [2.24, 2.45) is 5.92 Å². The average molecular weight is 385 g/mol. The summed E-state index contributed by atoms with van der Waals surface area (Å²) in [4.78, 5) is 8.67. The van der Waals surface area contributed by atoms with Crippen LogP contribution in [-0.2, 0) is 0 Å². The van der Waals surface area contributed by atoms with Crippen LogP contribution in [0, 0.1) is 12.8 Å². The number of hydrogen-bond donors (Lipinski definition) is 1. The molecular formula is C21H28N4OS. The predicted molar refractivity (Wildman–Crippen MR) is 110 cm³/mol. The number of aryl methyl sites for hydroxylation is 1. The number of aromatic nitrogens is 3. The molecule has 5 nitrogen and oxygen atoms in total. The van der Waals surface area contributed by atoms with Crippen LogP contribution >= 0.6 is 11.3 Å². The first-order valence-corrected chi connectivity index (χ1v) is 10.6. The predicted octanol–water partition coefficient (Wildman–Crippen LogP) is 4.75. The van der Waals surface area contributed by atoms with Crippen LogP contribution in [0.1, 0.15) is 67.4 Å². The van der Waals surface area contributed by atoms with Gasteiger partial charge in [0.25, 0.3) is 0 Å². The number of likely N-dealkylation sites (tertiary alicyclic amines) is 1. The highest BCUT2D eigenvalue weighted by Crippen LogP contribution is 2.41. The molecule has 144 valence electrons. The molecule has 0 saturated carbocycles. The van der Waals surface area contributed by atoms with Crippen molar-refractivity contribution in [1.29, 1.82) is 0 Å². The van der Waals surface area contributed by atoms with E-state index in [-0.39, 0.29) is 11.9 Å². The third-order valence-electron chi connectivity index (χ3n) is 5.53. The Balaban J connectivity index is 1.79. The van der Waals surface area contributed by atoms with Gasteiger partial charge in [-0.05, 0) is 49.3 Å². The van der Waals surface area contributed by atoms with Crippen LogP contribution in [-0.4, -0.2) is 37.7 Å². The average Bonchev–Trinajstić information content (AvgIpc) is 3.14. The van der Waals surface area contributed by atoms with Crippen molar-refractivity contribution < 1.29 is 5.11 Å². The van der Waals surface area contributed by atoms with Crippen molar-refractivity contribution in [3.05, 3.63) is 46.1 Å². The minimum atomic E-state index is 0.0442. The smallest absolute Gasteiger partial charge is 0.230 e. The molecule has 0 aliphatic carbocycles. The number of nitrogens with zero attached hydrogens (tertiary/aromatic N) is 4. The molecule has 2 aromatic heterocycles. The Hall–Kier alpha value is -1.92. The van der Waals surface area contributed by atoms with E-state index >= 15 is 0 Å². The molecule has 2 atom stereocenters. The van der Waals surface area contributed by atoms with Crippen molar-refractivity contribution in [3.8, 4) is 5.88 Å². The first kappa shape index (κ1) is 18.4. The van der Waals surface area contributed by atoms with E-state index in [1.807, 2.05) is 6.92 Å². The summed E-state index contributed by atoms with van der Waals surface area (Å²) in [6.45, 7) is 10.7. The summed E-state index contributed by atoms with van der Waals surface area (Å²) < 4.78 is 1.58. The summed E-state index contributed by atoms with van der Waals surface area (Å²) in [6.07, 6.45) is 2.47. The minimum absolute atomic E-state index is 0.0442. The summed E-state index contributed by atoms with van der Waals surface area (Å²) in [5, 5.41) is 15.3. The van der Waals surface area contributed by atoms with Crippen LogP contribution in [0.3, 0.4) is 0 Å². The Morgan fingerprint density at radius 2 is 1.89 bits per heavy atom. The van der Waals surface area contributed by atoms with Crippen LogP contribution in [0.2, 0.25) is 0 Å². The lowest BCUT2D eigenvalue weighted by atomic mass is 9.94. The first-order chi connectivity index (χ1) is 12.9. The molecule has 1 N–H and O–H groups in total. The van der Waals surface area contributed by atoms with E-state index in [0.29, 0.717) is 17.7 Å². The number of thiazole rings is 1. The maximum Gasteiger partial charge on any atom is 0.230 e. The zero-order valence-corrected chi connectivity index (χ0v) is 17.3. The third kappa shape index (κ3) is 3.48. The van der Waals surface area contributed by atoms with Crippen molar-refractivity contribution in [2.45, 2.75) is 52.5 Å². The number of fused-ring (bicyclic) bond motifs is 1. The Labute approximate surface area is 164 Å². The molecule has 1 aromatic carbocycles. The molecule has 0 amide bonds. The zero-order valence-electron chi connectivity index (χ0n) is 16.5. The topological polar surface area (TPSA) is 53.7 Å². The molecule has 0 radical (unpaired) electrons. The van der Waals surface area contributed by atoms with E-state index in [2.05, 4.69) is 60.0 Å². The van der Waals surface area contributed by atoms with Gasteiger partial charge in [0.15, 0.2) is 0 Å². The Morgan fingerprint density at radius 1 is 1.19 bits per heavy atom. The van der Waals surface area contributed by atoms with Gasteiger partial charge in [0.2, 0.25) is 10.8 Å². The lowest BCUT2D eigenvalue weighted by molar-refractivity contribution is 0.149. The minimum Gasteiger partial charge on any atom is -0.492 e. The standard InChI is InChI=1S/C21H28N4OS/c1-13(2)16-7-9-17(10-8-16)18(24-11-5-6-14(3)12-24)19-20(26)25-21(27-19)22-15(4)23-25/h7-10,13-14,18,26H,5-6,11-12H2,1-4H3/t14-,18-/m1/s1. The Kier molecular flexibility index (Phi) is 4.95. The van der Waals surface area contributed by atoms with Crippen LogP contribution in [0.15, 0.2) is 24.3 Å². The number of rotatable bonds is 4. The summed E-state index contributed by atoms with van der Waals surface area (Å²) in [5.74, 6) is 2.10. The summed E-state index contributed by atoms with van der Waals surface area (Å²) in [7, 11) is 0. The largest absolute Gasteiger partial charge is 0.492 e. The van der Waals surface area contributed by atoms with E-state index in [9.17, 15) is 5.11 Å². The van der Waals surface area contributed by atoms with Gasteiger partial charge in [-0.25, -0.2) is 4.98 Å². The second-order valence-corrected chi connectivity index (χ2v) is 9.12. The lowest BCUT2D eigenvalue weighted by Crippen LogP contribution is -2.37. The van der Waals surface area contributed by atoms with Crippen LogP contribution in [0.5, 0.6) is 5.88 Å². The fraction of sp³-hybridized carbons (Fsp3) is 0.524. The van der Waals surface area contributed by atoms with Crippen LogP contribution in [0.4, 0.5) is 0 Å². The van der Waals surface area contributed by atoms with Crippen LogP contribution in [0.25, 0.3) is 4.96 Å². The van der Waals surface area contributed by atoms with Crippen molar-refractivity contribution in [2.75, 3.05) is 13.1 Å². The molecule has 1 aliphatic rings. The van der Waals surface area contributed by atoms with Gasteiger partial charge in [0.1, 0.15) is 5.82 Å². The summed E-state index contributed by atoms with van der Waals surface area (Å²) in [5.41, 5.74) is 2.57. The summed E-state index contributed by atoms with van der Waals surface area (Å²) >= 11 is 1.55. The fourth-order valence-electron chi connectivity index (χ4n) is 4.08. The maximum atomic E-state index is 10.9. The normalized spacial score (nSPS) is 19.8. The van der Waals surface area contributed by atoms with E-state index in [1.54, 1.807) is 15.9 Å². The van der Waals surface area contributed by atoms with Gasteiger partial charge in [0, 0.05) is 6.54 Å². The van der Waals surface area contributed by atoms with Gasteiger partial charge in [-0.15, -0.1) is 5.10 Å². The molecule has 27 heavy (non-hydrogen) atoms. The molecule has 0 bridgehead atoms. The summed E-state index contributed by atoms with van der Waals surface area (Å²) in [6, 6.07) is 8.93. The molecule has 1 saturated heterocycles. The molecular weight excluding hydrogens is 356 g/mol. The second kappa shape index (κ2) is 7.24. The van der Waals surface area contributed by atoms with E-state index in [1.165, 1.54) is 24.0 Å². The van der Waals surface area contributed by atoms with Gasteiger partial charge in [0.05, 0.1) is 10.9 Å². The number of hydrogen-bond acceptors (Lipinski definition) is 5. The molecule has 0 unspecified atom stereocenters. The first-order valence-electron chi connectivity index (χ1n) is 9.83. The highest BCUT2D eigenvalue weighted by Gasteiger charge is 2.31. The Bertz CT molecular complexity index is 928. The van der Waals surface area contributed by atoms with Crippen molar-refractivity contribution >= 4 is 16.3 Å². The second-order valence-electron chi connectivity index (χ2n) is 8.11. The van der Waals surface area contributed by atoms with E-state index in [0.717, 1.165) is 22.9 Å². The van der Waals surface area contributed by atoms with Gasteiger partial charge in [-0.3, -0.25) is 4.90 Å². The van der Waals surface area contributed by atoms with Gasteiger partial charge in [-0.1, -0.05) is 56.4 Å². The monoisotopic (exact) mass is 384 g/mol. The fourth-order valence-corrected chi connectivity index (χ4v) is 5.24. The van der Waals surface area contributed by atoms with Crippen molar-refractivity contribution in [3.63, 3.8) is 0 Å².